The predicted octanol–water partition coefficient (Wildman–Crippen LogP) is 1.29. The Kier molecular flexibility index (Phi) is 5.78. The molecule has 1 aromatic heterocycles. The van der Waals surface area contributed by atoms with Gasteiger partial charge in [-0.1, -0.05) is 12.1 Å². The van der Waals surface area contributed by atoms with Crippen LogP contribution in [0, 0.1) is 6.92 Å². The molecule has 2 rings (SSSR count). The van der Waals surface area contributed by atoms with Gasteiger partial charge in [0.2, 0.25) is 0 Å². The Morgan fingerprint density at radius 2 is 1.92 bits per heavy atom. The zero-order chi connectivity index (χ0) is 17.5. The fraction of sp³-hybridized carbons (Fsp3) is 0.312. The number of ether oxygens (including phenoxy) is 1. The average Bonchev–Trinajstić information content (AvgIpc) is 2.90. The van der Waals surface area contributed by atoms with Crippen LogP contribution in [0.5, 0.6) is 5.75 Å². The number of benzene rings is 1. The Morgan fingerprint density at radius 1 is 1.21 bits per heavy atom. The fourth-order valence-electron chi connectivity index (χ4n) is 2.18. The Balaban J connectivity index is 1.75. The fourth-order valence-corrected chi connectivity index (χ4v) is 2.18. The van der Waals surface area contributed by atoms with E-state index in [1.807, 2.05) is 6.07 Å². The van der Waals surface area contributed by atoms with Gasteiger partial charge in [0, 0.05) is 26.3 Å². The molecular formula is C16H21N5O3. The van der Waals surface area contributed by atoms with Gasteiger partial charge < -0.3 is 20.7 Å². The normalized spacial score (nSPS) is 10.1. The highest BCUT2D eigenvalue weighted by atomic mass is 16.5. The summed E-state index contributed by atoms with van der Waals surface area (Å²) in [5, 5.41) is 12.2. The molecule has 0 unspecified atom stereocenters. The van der Waals surface area contributed by atoms with Gasteiger partial charge in [-0.05, 0) is 19.1 Å². The quantitative estimate of drug-likeness (QED) is 0.695. The van der Waals surface area contributed by atoms with Crippen LogP contribution in [0.3, 0.4) is 0 Å². The van der Waals surface area contributed by atoms with Crippen molar-refractivity contribution in [1.29, 1.82) is 0 Å². The standard InChI is InChI=1S/C16H21N5O3/c1-11-12(10-21(2)20-11)15(22)17-8-9-18-16(23)19-13-6-4-5-7-14(13)24-3/h4-7,10H,8-9H2,1-3H3,(H,17,22)(H2,18,19,23). The lowest BCUT2D eigenvalue weighted by atomic mass is 10.2. The second kappa shape index (κ2) is 8.00. The van der Waals surface area contributed by atoms with Gasteiger partial charge in [0.05, 0.1) is 24.1 Å². The number of aromatic nitrogens is 2. The molecule has 0 aliphatic heterocycles. The van der Waals surface area contributed by atoms with Crippen LogP contribution in [0.4, 0.5) is 10.5 Å². The molecule has 1 aromatic carbocycles. The van der Waals surface area contributed by atoms with Crippen LogP contribution in [0.15, 0.2) is 30.5 Å². The van der Waals surface area contributed by atoms with E-state index in [2.05, 4.69) is 21.0 Å². The van der Waals surface area contributed by atoms with Crippen LogP contribution in [0.1, 0.15) is 16.1 Å². The van der Waals surface area contributed by atoms with Crippen molar-refractivity contribution in [2.45, 2.75) is 6.92 Å². The molecule has 1 heterocycles. The zero-order valence-electron chi connectivity index (χ0n) is 13.9. The van der Waals surface area contributed by atoms with Crippen LogP contribution in [0.25, 0.3) is 0 Å². The lowest BCUT2D eigenvalue weighted by Gasteiger charge is -2.11. The molecule has 0 fully saturated rings. The molecule has 3 N–H and O–H groups in total. The van der Waals surface area contributed by atoms with Gasteiger partial charge in [0.1, 0.15) is 5.75 Å². The molecule has 128 valence electrons. The largest absolute Gasteiger partial charge is 0.495 e. The van der Waals surface area contributed by atoms with Gasteiger partial charge in [0.15, 0.2) is 0 Å². The number of methoxy groups -OCH3 is 1. The highest BCUT2D eigenvalue weighted by Crippen LogP contribution is 2.22. The van der Waals surface area contributed by atoms with Gasteiger partial charge in [0.25, 0.3) is 5.91 Å². The van der Waals surface area contributed by atoms with Gasteiger partial charge in [-0.15, -0.1) is 0 Å². The van der Waals surface area contributed by atoms with Crippen molar-refractivity contribution in [3.8, 4) is 5.75 Å². The highest BCUT2D eigenvalue weighted by molar-refractivity contribution is 5.95. The summed E-state index contributed by atoms with van der Waals surface area (Å²) in [7, 11) is 3.29. The number of urea groups is 1. The van der Waals surface area contributed by atoms with Crippen molar-refractivity contribution in [2.75, 3.05) is 25.5 Å². The number of carbonyl (C=O) groups is 2. The van der Waals surface area contributed by atoms with Crippen molar-refractivity contribution in [2.24, 2.45) is 7.05 Å². The maximum Gasteiger partial charge on any atom is 0.319 e. The maximum atomic E-state index is 12.0. The number of anilines is 1. The summed E-state index contributed by atoms with van der Waals surface area (Å²) in [4.78, 5) is 23.8. The van der Waals surface area contributed by atoms with Crippen LogP contribution < -0.4 is 20.7 Å². The molecule has 3 amide bonds. The molecule has 0 saturated carbocycles. The van der Waals surface area contributed by atoms with Crippen molar-refractivity contribution in [3.05, 3.63) is 41.7 Å². The molecule has 0 atom stereocenters. The van der Waals surface area contributed by atoms with Crippen LogP contribution >= 0.6 is 0 Å². The first kappa shape index (κ1) is 17.3. The Labute approximate surface area is 140 Å². The summed E-state index contributed by atoms with van der Waals surface area (Å²) >= 11 is 0. The molecule has 0 bridgehead atoms. The number of rotatable bonds is 6. The van der Waals surface area contributed by atoms with Crippen molar-refractivity contribution >= 4 is 17.6 Å². The molecule has 24 heavy (non-hydrogen) atoms. The Morgan fingerprint density at radius 3 is 2.58 bits per heavy atom. The molecule has 0 saturated heterocycles. The van der Waals surface area contributed by atoms with E-state index in [0.29, 0.717) is 35.8 Å². The minimum atomic E-state index is -0.369. The summed E-state index contributed by atoms with van der Waals surface area (Å²) in [6.45, 7) is 2.38. The monoisotopic (exact) mass is 331 g/mol. The number of nitrogens with one attached hydrogen (secondary N) is 3. The molecular weight excluding hydrogens is 310 g/mol. The van der Waals surface area contributed by atoms with E-state index in [4.69, 9.17) is 4.74 Å². The van der Waals surface area contributed by atoms with E-state index >= 15 is 0 Å². The minimum absolute atomic E-state index is 0.215. The molecule has 2 aromatic rings. The second-order valence-electron chi connectivity index (χ2n) is 5.14. The minimum Gasteiger partial charge on any atom is -0.495 e. The first-order valence-electron chi connectivity index (χ1n) is 7.47. The average molecular weight is 331 g/mol. The van der Waals surface area contributed by atoms with Crippen LogP contribution in [0.2, 0.25) is 0 Å². The smallest absolute Gasteiger partial charge is 0.319 e. The van der Waals surface area contributed by atoms with Gasteiger partial charge in [-0.3, -0.25) is 9.48 Å². The third kappa shape index (κ3) is 4.48. The molecule has 0 radical (unpaired) electrons. The number of aryl methyl sites for hydroxylation is 2. The summed E-state index contributed by atoms with van der Waals surface area (Å²) in [5.74, 6) is 0.362. The number of amides is 3. The van der Waals surface area contributed by atoms with E-state index in [1.165, 1.54) is 7.11 Å². The SMILES string of the molecule is COc1ccccc1NC(=O)NCCNC(=O)c1cn(C)nc1C. The summed E-state index contributed by atoms with van der Waals surface area (Å²) in [5.41, 5.74) is 1.76. The van der Waals surface area contributed by atoms with E-state index in [0.717, 1.165) is 0 Å². The van der Waals surface area contributed by atoms with E-state index in [-0.39, 0.29) is 11.9 Å². The third-order valence-electron chi connectivity index (χ3n) is 3.31. The molecule has 8 nitrogen and oxygen atoms in total. The van der Waals surface area contributed by atoms with Gasteiger partial charge in [-0.2, -0.15) is 5.10 Å². The van der Waals surface area contributed by atoms with E-state index in [1.54, 1.807) is 43.0 Å². The maximum absolute atomic E-state index is 12.0. The van der Waals surface area contributed by atoms with Gasteiger partial charge in [-0.25, -0.2) is 4.79 Å². The number of carbonyl (C=O) groups excluding carboxylic acids is 2. The summed E-state index contributed by atoms with van der Waals surface area (Å²) < 4.78 is 6.74. The molecule has 0 spiro atoms. The van der Waals surface area contributed by atoms with Crippen molar-refractivity contribution in [3.63, 3.8) is 0 Å². The Hall–Kier alpha value is -3.03. The number of para-hydroxylation sites is 2. The lowest BCUT2D eigenvalue weighted by Crippen LogP contribution is -2.36. The summed E-state index contributed by atoms with van der Waals surface area (Å²) in [6.07, 6.45) is 1.66. The first-order chi connectivity index (χ1) is 11.5. The van der Waals surface area contributed by atoms with Crippen molar-refractivity contribution in [1.82, 2.24) is 20.4 Å². The second-order valence-corrected chi connectivity index (χ2v) is 5.14. The number of hydrogen-bond acceptors (Lipinski definition) is 4. The van der Waals surface area contributed by atoms with Crippen LogP contribution in [-0.2, 0) is 7.05 Å². The molecule has 8 heteroatoms. The first-order valence-corrected chi connectivity index (χ1v) is 7.47. The van der Waals surface area contributed by atoms with Crippen molar-refractivity contribution < 1.29 is 14.3 Å². The Bertz CT molecular complexity index is 726. The highest BCUT2D eigenvalue weighted by Gasteiger charge is 2.12. The lowest BCUT2D eigenvalue weighted by molar-refractivity contribution is 0.0953. The van der Waals surface area contributed by atoms with E-state index < -0.39 is 0 Å². The molecule has 0 aliphatic carbocycles. The topological polar surface area (TPSA) is 97.3 Å². The zero-order valence-corrected chi connectivity index (χ0v) is 13.9. The summed E-state index contributed by atoms with van der Waals surface area (Å²) in [6, 6.07) is 6.75. The van der Waals surface area contributed by atoms with Crippen LogP contribution in [-0.4, -0.2) is 41.9 Å². The predicted molar refractivity (Wildman–Crippen MR) is 90.3 cm³/mol. The number of nitrogens with zero attached hydrogens (tertiary/aromatic N) is 2. The molecule has 0 aliphatic rings. The van der Waals surface area contributed by atoms with Gasteiger partial charge >= 0.3 is 6.03 Å². The number of hydrogen-bond donors (Lipinski definition) is 3. The van der Waals surface area contributed by atoms with E-state index in [9.17, 15) is 9.59 Å². The third-order valence-corrected chi connectivity index (χ3v) is 3.31.